The summed E-state index contributed by atoms with van der Waals surface area (Å²) >= 11 is 0. The van der Waals surface area contributed by atoms with Crippen LogP contribution in [-0.2, 0) is 25.7 Å². The highest BCUT2D eigenvalue weighted by Crippen LogP contribution is 2.25. The number of amides is 2. The summed E-state index contributed by atoms with van der Waals surface area (Å²) in [6.07, 6.45) is -1.25. The summed E-state index contributed by atoms with van der Waals surface area (Å²) in [7, 11) is 0. The Labute approximate surface area is 179 Å². The number of hydrogen-bond acceptors (Lipinski definition) is 5. The van der Waals surface area contributed by atoms with Gasteiger partial charge in [-0.2, -0.15) is 0 Å². The van der Waals surface area contributed by atoms with Gasteiger partial charge in [-0.1, -0.05) is 54.6 Å². The zero-order valence-corrected chi connectivity index (χ0v) is 16.8. The molecule has 0 spiro atoms. The van der Waals surface area contributed by atoms with Gasteiger partial charge in [-0.15, -0.1) is 0 Å². The predicted molar refractivity (Wildman–Crippen MR) is 112 cm³/mol. The van der Waals surface area contributed by atoms with E-state index in [-0.39, 0.29) is 37.9 Å². The van der Waals surface area contributed by atoms with Crippen molar-refractivity contribution in [3.63, 3.8) is 0 Å². The highest BCUT2D eigenvalue weighted by atomic mass is 16.5. The van der Waals surface area contributed by atoms with Crippen molar-refractivity contribution in [1.29, 1.82) is 5.41 Å². The second-order valence-corrected chi connectivity index (χ2v) is 7.13. The molecule has 9 heteroatoms. The molecule has 31 heavy (non-hydrogen) atoms. The van der Waals surface area contributed by atoms with Gasteiger partial charge in [-0.3, -0.25) is 15.0 Å². The first-order chi connectivity index (χ1) is 14.9. The summed E-state index contributed by atoms with van der Waals surface area (Å²) in [6, 6.07) is 14.2. The number of carboxylic acids is 1. The number of nitrogens with zero attached hydrogens (tertiary/aromatic N) is 1. The Bertz CT molecular complexity index is 962. The van der Waals surface area contributed by atoms with Gasteiger partial charge in [0.2, 0.25) is 5.91 Å². The zero-order valence-electron chi connectivity index (χ0n) is 16.8. The fourth-order valence-electron chi connectivity index (χ4n) is 3.40. The van der Waals surface area contributed by atoms with Crippen molar-refractivity contribution in [2.24, 2.45) is 5.73 Å². The molecule has 1 heterocycles. The molecule has 5 N–H and O–H groups in total. The Morgan fingerprint density at radius 1 is 1.19 bits per heavy atom. The standard InChI is InChI=1S/C22H24N4O5/c23-20(24)16-8-6-14(7-9-16)13-25-18(27)12-17-21(28)26(10-11-31-17)19(22(29)30)15-4-2-1-3-5-15/h1-9,17,19H,10-13H2,(H3,23,24)(H,25,27)(H,29,30). The summed E-state index contributed by atoms with van der Waals surface area (Å²) in [5, 5.41) is 19.8. The van der Waals surface area contributed by atoms with E-state index in [2.05, 4.69) is 5.32 Å². The maximum Gasteiger partial charge on any atom is 0.331 e. The first-order valence-corrected chi connectivity index (χ1v) is 9.76. The Balaban J connectivity index is 1.61. The van der Waals surface area contributed by atoms with Crippen molar-refractivity contribution in [2.75, 3.05) is 13.2 Å². The molecule has 2 aromatic rings. The van der Waals surface area contributed by atoms with Crippen LogP contribution in [-0.4, -0.2) is 52.9 Å². The lowest BCUT2D eigenvalue weighted by Gasteiger charge is -2.36. The van der Waals surface area contributed by atoms with Crippen LogP contribution in [0.3, 0.4) is 0 Å². The molecule has 162 valence electrons. The molecule has 0 bridgehead atoms. The van der Waals surface area contributed by atoms with Gasteiger partial charge in [0.1, 0.15) is 11.9 Å². The zero-order chi connectivity index (χ0) is 22.4. The number of aliphatic carboxylic acids is 1. The number of carbonyl (C=O) groups excluding carboxylic acids is 2. The Morgan fingerprint density at radius 2 is 1.87 bits per heavy atom. The molecular weight excluding hydrogens is 400 g/mol. The van der Waals surface area contributed by atoms with Crippen molar-refractivity contribution in [3.05, 3.63) is 71.3 Å². The molecule has 1 aliphatic heterocycles. The molecular formula is C22H24N4O5. The minimum Gasteiger partial charge on any atom is -0.479 e. The fraction of sp³-hybridized carbons (Fsp3) is 0.273. The van der Waals surface area contributed by atoms with E-state index in [9.17, 15) is 19.5 Å². The Kier molecular flexibility index (Phi) is 6.99. The van der Waals surface area contributed by atoms with E-state index in [0.29, 0.717) is 11.1 Å². The van der Waals surface area contributed by atoms with Gasteiger partial charge in [0.15, 0.2) is 6.04 Å². The van der Waals surface area contributed by atoms with Gasteiger partial charge in [0.05, 0.1) is 13.0 Å². The summed E-state index contributed by atoms with van der Waals surface area (Å²) in [5.41, 5.74) is 7.30. The molecule has 9 nitrogen and oxygen atoms in total. The molecule has 2 aromatic carbocycles. The van der Waals surface area contributed by atoms with E-state index >= 15 is 0 Å². The second-order valence-electron chi connectivity index (χ2n) is 7.13. The van der Waals surface area contributed by atoms with Crippen molar-refractivity contribution >= 4 is 23.6 Å². The molecule has 3 rings (SSSR count). The lowest BCUT2D eigenvalue weighted by Crippen LogP contribution is -2.52. The first kappa shape index (κ1) is 22.0. The first-order valence-electron chi connectivity index (χ1n) is 9.76. The second kappa shape index (κ2) is 9.86. The summed E-state index contributed by atoms with van der Waals surface area (Å²) in [4.78, 5) is 38.3. The van der Waals surface area contributed by atoms with Crippen molar-refractivity contribution < 1.29 is 24.2 Å². The normalized spacial score (nSPS) is 17.1. The summed E-state index contributed by atoms with van der Waals surface area (Å²) in [6.45, 7) is 0.515. The molecule has 0 radical (unpaired) electrons. The summed E-state index contributed by atoms with van der Waals surface area (Å²) in [5.74, 6) is -2.09. The minimum absolute atomic E-state index is 0.0386. The third kappa shape index (κ3) is 5.46. The Hall–Kier alpha value is -3.72. The number of nitrogens with two attached hydrogens (primary N) is 1. The molecule has 1 saturated heterocycles. The van der Waals surface area contributed by atoms with Crippen LogP contribution >= 0.6 is 0 Å². The van der Waals surface area contributed by atoms with Crippen LogP contribution in [0, 0.1) is 5.41 Å². The molecule has 0 saturated carbocycles. The lowest BCUT2D eigenvalue weighted by atomic mass is 10.0. The number of carboxylic acid groups (broad SMARTS) is 1. The van der Waals surface area contributed by atoms with Gasteiger partial charge in [0, 0.05) is 18.7 Å². The smallest absolute Gasteiger partial charge is 0.331 e. The third-order valence-electron chi connectivity index (χ3n) is 5.00. The van der Waals surface area contributed by atoms with Crippen LogP contribution in [0.5, 0.6) is 0 Å². The van der Waals surface area contributed by atoms with E-state index in [0.717, 1.165) is 5.56 Å². The third-order valence-corrected chi connectivity index (χ3v) is 5.00. The van der Waals surface area contributed by atoms with Crippen molar-refractivity contribution in [3.8, 4) is 0 Å². The molecule has 2 amide bonds. The number of nitrogen functional groups attached to an aromatic ring is 1. The predicted octanol–water partition coefficient (Wildman–Crippen LogP) is 1.03. The number of carbonyl (C=O) groups is 3. The number of rotatable bonds is 8. The van der Waals surface area contributed by atoms with E-state index in [4.69, 9.17) is 15.9 Å². The van der Waals surface area contributed by atoms with E-state index in [1.165, 1.54) is 4.90 Å². The number of nitrogens with one attached hydrogen (secondary N) is 2. The van der Waals surface area contributed by atoms with Gasteiger partial charge < -0.3 is 25.8 Å². The number of amidine groups is 1. The molecule has 0 aromatic heterocycles. The highest BCUT2D eigenvalue weighted by Gasteiger charge is 2.38. The maximum absolute atomic E-state index is 12.9. The lowest BCUT2D eigenvalue weighted by molar-refractivity contribution is -0.166. The number of morpholine rings is 1. The number of hydrogen-bond donors (Lipinski definition) is 4. The van der Waals surface area contributed by atoms with Gasteiger partial charge in [-0.05, 0) is 11.1 Å². The van der Waals surface area contributed by atoms with Crippen molar-refractivity contribution in [2.45, 2.75) is 25.1 Å². The number of benzene rings is 2. The van der Waals surface area contributed by atoms with Gasteiger partial charge in [-0.25, -0.2) is 4.79 Å². The molecule has 1 aliphatic rings. The van der Waals surface area contributed by atoms with Crippen LogP contribution in [0.1, 0.15) is 29.2 Å². The van der Waals surface area contributed by atoms with E-state index < -0.39 is 24.0 Å². The Morgan fingerprint density at radius 3 is 2.48 bits per heavy atom. The van der Waals surface area contributed by atoms with Crippen molar-refractivity contribution in [1.82, 2.24) is 10.2 Å². The molecule has 0 aliphatic carbocycles. The van der Waals surface area contributed by atoms with E-state index in [1.54, 1.807) is 54.6 Å². The highest BCUT2D eigenvalue weighted by molar-refractivity contribution is 5.95. The SMILES string of the molecule is N=C(N)c1ccc(CNC(=O)CC2OCCN(C(C(=O)O)c3ccccc3)C2=O)cc1. The van der Waals surface area contributed by atoms with Crippen LogP contribution in [0.2, 0.25) is 0 Å². The average molecular weight is 424 g/mol. The van der Waals surface area contributed by atoms with E-state index in [1.807, 2.05) is 0 Å². The van der Waals surface area contributed by atoms with Crippen LogP contribution in [0.25, 0.3) is 0 Å². The largest absolute Gasteiger partial charge is 0.479 e. The molecule has 2 unspecified atom stereocenters. The monoisotopic (exact) mass is 424 g/mol. The molecule has 1 fully saturated rings. The van der Waals surface area contributed by atoms with Crippen LogP contribution in [0.15, 0.2) is 54.6 Å². The molecule has 2 atom stereocenters. The fourth-order valence-corrected chi connectivity index (χ4v) is 3.40. The quantitative estimate of drug-likeness (QED) is 0.368. The van der Waals surface area contributed by atoms with Gasteiger partial charge in [0.25, 0.3) is 5.91 Å². The summed E-state index contributed by atoms with van der Waals surface area (Å²) < 4.78 is 5.47. The van der Waals surface area contributed by atoms with Crippen LogP contribution < -0.4 is 11.1 Å². The van der Waals surface area contributed by atoms with Crippen LogP contribution in [0.4, 0.5) is 0 Å². The maximum atomic E-state index is 12.9. The minimum atomic E-state index is -1.14. The number of ether oxygens (including phenoxy) is 1. The van der Waals surface area contributed by atoms with Gasteiger partial charge >= 0.3 is 5.97 Å². The average Bonchev–Trinajstić information content (AvgIpc) is 2.76. The topological polar surface area (TPSA) is 146 Å².